The number of H-pyrrole nitrogens is 1. The normalized spacial score (nSPS) is 12.4. The van der Waals surface area contributed by atoms with Gasteiger partial charge in [-0.15, -0.1) is 0 Å². The zero-order valence-electron chi connectivity index (χ0n) is 20.0. The highest BCUT2D eigenvalue weighted by Crippen LogP contribution is 2.38. The van der Waals surface area contributed by atoms with E-state index in [4.69, 9.17) is 10.7 Å². The smallest absolute Gasteiger partial charge is 0.250 e. The lowest BCUT2D eigenvalue weighted by Gasteiger charge is -2.17. The summed E-state index contributed by atoms with van der Waals surface area (Å²) in [6.45, 7) is 1.73. The van der Waals surface area contributed by atoms with Gasteiger partial charge in [0.05, 0.1) is 34.2 Å². The van der Waals surface area contributed by atoms with Gasteiger partial charge < -0.3 is 25.7 Å². The minimum absolute atomic E-state index is 0.0947. The van der Waals surface area contributed by atoms with Crippen molar-refractivity contribution in [2.75, 3.05) is 11.9 Å². The number of nitrogens with two attached hydrogens (primary N) is 1. The maximum Gasteiger partial charge on any atom is 0.250 e. The number of aliphatic hydroxyl groups is 1. The summed E-state index contributed by atoms with van der Waals surface area (Å²) >= 11 is 0. The number of amides is 1. The van der Waals surface area contributed by atoms with Crippen LogP contribution >= 0.6 is 0 Å². The second kappa shape index (κ2) is 8.76. The molecule has 37 heavy (non-hydrogen) atoms. The van der Waals surface area contributed by atoms with E-state index in [9.17, 15) is 14.3 Å². The van der Waals surface area contributed by atoms with Crippen molar-refractivity contribution < 1.29 is 14.3 Å². The van der Waals surface area contributed by atoms with Crippen LogP contribution in [0.15, 0.2) is 78.9 Å². The molecule has 0 saturated heterocycles. The lowest BCUT2D eigenvalue weighted by Crippen LogP contribution is -2.22. The highest BCUT2D eigenvalue weighted by atomic mass is 19.1. The molecule has 1 atom stereocenters. The van der Waals surface area contributed by atoms with Gasteiger partial charge in [0, 0.05) is 33.8 Å². The predicted octanol–water partition coefficient (Wildman–Crippen LogP) is 5.36. The van der Waals surface area contributed by atoms with Gasteiger partial charge in [-0.2, -0.15) is 0 Å². The first kappa shape index (κ1) is 22.8. The molecule has 0 bridgehead atoms. The molecule has 8 heteroatoms. The number of anilines is 1. The number of carbonyl (C=O) groups is 1. The zero-order chi connectivity index (χ0) is 25.7. The first-order valence-electron chi connectivity index (χ1n) is 11.9. The van der Waals surface area contributed by atoms with Gasteiger partial charge in [0.2, 0.25) is 0 Å². The van der Waals surface area contributed by atoms with Gasteiger partial charge in [-0.05, 0) is 55.5 Å². The number of fused-ring (bicyclic) bond motifs is 4. The number of aromatic amines is 1. The van der Waals surface area contributed by atoms with E-state index in [-0.39, 0.29) is 18.5 Å². The number of rotatable bonds is 6. The van der Waals surface area contributed by atoms with Crippen LogP contribution in [0.1, 0.15) is 17.3 Å². The molecule has 0 aliphatic carbocycles. The molecular weight excluding hydrogens is 469 g/mol. The fraction of sp³-hybridized carbons (Fsp3) is 0.103. The monoisotopic (exact) mass is 493 g/mol. The van der Waals surface area contributed by atoms with Crippen LogP contribution in [0.25, 0.3) is 49.9 Å². The third-order valence-corrected chi connectivity index (χ3v) is 6.60. The standard InChI is InChI=1S/C29H24FN5O2/c1-16(15-36)32-23-14-18(10-11-19(23)28(31)37)35-25-7-3-2-5-20(25)27-21(6-4-8-26(27)35)29-33-22-12-9-17(30)13-24(22)34-29/h2-14,16,32,36H,15H2,1H3,(H2,31,37)(H,33,34). The molecule has 1 amide bonds. The van der Waals surface area contributed by atoms with E-state index in [0.717, 1.165) is 33.1 Å². The molecule has 0 aliphatic heterocycles. The molecule has 0 radical (unpaired) electrons. The number of hydrogen-bond donors (Lipinski definition) is 4. The van der Waals surface area contributed by atoms with Crippen molar-refractivity contribution in [1.82, 2.24) is 14.5 Å². The van der Waals surface area contributed by atoms with E-state index < -0.39 is 5.91 Å². The summed E-state index contributed by atoms with van der Waals surface area (Å²) in [6.07, 6.45) is 0. The number of nitrogens with zero attached hydrogens (tertiary/aromatic N) is 2. The molecule has 1 unspecified atom stereocenters. The summed E-state index contributed by atoms with van der Waals surface area (Å²) in [5.74, 6) is -0.223. The second-order valence-corrected chi connectivity index (χ2v) is 9.12. The molecule has 4 aromatic carbocycles. The van der Waals surface area contributed by atoms with Crippen LogP contribution in [0, 0.1) is 5.82 Å². The average Bonchev–Trinajstić information content (AvgIpc) is 3.47. The maximum absolute atomic E-state index is 13.8. The Morgan fingerprint density at radius 3 is 2.70 bits per heavy atom. The van der Waals surface area contributed by atoms with Crippen molar-refractivity contribution in [3.63, 3.8) is 0 Å². The Morgan fingerprint density at radius 2 is 1.89 bits per heavy atom. The average molecular weight is 494 g/mol. The number of para-hydroxylation sites is 1. The van der Waals surface area contributed by atoms with Crippen molar-refractivity contribution in [3.05, 3.63) is 90.2 Å². The number of hydrogen-bond acceptors (Lipinski definition) is 4. The predicted molar refractivity (Wildman–Crippen MR) is 145 cm³/mol. The Labute approximate surface area is 211 Å². The van der Waals surface area contributed by atoms with Gasteiger partial charge in [-0.3, -0.25) is 4.79 Å². The van der Waals surface area contributed by atoms with E-state index >= 15 is 0 Å². The minimum atomic E-state index is -0.551. The molecule has 6 rings (SSSR count). The highest BCUT2D eigenvalue weighted by Gasteiger charge is 2.19. The first-order chi connectivity index (χ1) is 17.9. The summed E-state index contributed by atoms with van der Waals surface area (Å²) in [5.41, 5.74) is 11.5. The highest BCUT2D eigenvalue weighted by molar-refractivity contribution is 6.15. The Balaban J connectivity index is 1.62. The van der Waals surface area contributed by atoms with Crippen LogP contribution in [0.4, 0.5) is 10.1 Å². The number of primary amides is 1. The lowest BCUT2D eigenvalue weighted by molar-refractivity contribution is 0.100. The van der Waals surface area contributed by atoms with Crippen LogP contribution in [-0.4, -0.2) is 38.2 Å². The summed E-state index contributed by atoms with van der Waals surface area (Å²) in [7, 11) is 0. The molecule has 0 fully saturated rings. The van der Waals surface area contributed by atoms with Crippen molar-refractivity contribution >= 4 is 44.4 Å². The van der Waals surface area contributed by atoms with E-state index in [1.165, 1.54) is 12.1 Å². The lowest BCUT2D eigenvalue weighted by atomic mass is 10.1. The SMILES string of the molecule is CC(CO)Nc1cc(-n2c3ccccc3c3c(-c4nc5ccc(F)cc5[nH]4)cccc32)ccc1C(N)=O. The van der Waals surface area contributed by atoms with Crippen LogP contribution in [-0.2, 0) is 0 Å². The molecule has 5 N–H and O–H groups in total. The molecule has 0 aliphatic rings. The number of benzene rings is 4. The van der Waals surface area contributed by atoms with Gasteiger partial charge in [0.1, 0.15) is 11.6 Å². The van der Waals surface area contributed by atoms with Crippen molar-refractivity contribution in [2.24, 2.45) is 5.73 Å². The van der Waals surface area contributed by atoms with Gasteiger partial charge in [0.25, 0.3) is 5.91 Å². The Hall–Kier alpha value is -4.69. The first-order valence-corrected chi connectivity index (χ1v) is 11.9. The third-order valence-electron chi connectivity index (χ3n) is 6.60. The number of aliphatic hydroxyl groups excluding tert-OH is 1. The third kappa shape index (κ3) is 3.78. The number of aromatic nitrogens is 3. The molecule has 7 nitrogen and oxygen atoms in total. The van der Waals surface area contributed by atoms with Gasteiger partial charge in [-0.25, -0.2) is 9.37 Å². The maximum atomic E-state index is 13.8. The van der Waals surface area contributed by atoms with Crippen LogP contribution in [0.5, 0.6) is 0 Å². The molecule has 2 aromatic heterocycles. The summed E-state index contributed by atoms with van der Waals surface area (Å²) < 4.78 is 15.9. The van der Waals surface area contributed by atoms with Crippen LogP contribution < -0.4 is 11.1 Å². The summed E-state index contributed by atoms with van der Waals surface area (Å²) in [5, 5.41) is 14.8. The fourth-order valence-electron chi connectivity index (χ4n) is 4.92. The van der Waals surface area contributed by atoms with E-state index in [0.29, 0.717) is 28.1 Å². The molecular formula is C29H24FN5O2. The number of nitrogens with one attached hydrogen (secondary N) is 2. The topological polar surface area (TPSA) is 109 Å². The van der Waals surface area contributed by atoms with Gasteiger partial charge >= 0.3 is 0 Å². The number of imidazole rings is 1. The molecule has 6 aromatic rings. The number of halogens is 1. The molecule has 2 heterocycles. The largest absolute Gasteiger partial charge is 0.394 e. The van der Waals surface area contributed by atoms with E-state index in [2.05, 4.69) is 20.9 Å². The van der Waals surface area contributed by atoms with Crippen LogP contribution in [0.2, 0.25) is 0 Å². The van der Waals surface area contributed by atoms with E-state index in [1.807, 2.05) is 55.5 Å². The van der Waals surface area contributed by atoms with Gasteiger partial charge in [0.15, 0.2) is 0 Å². The Morgan fingerprint density at radius 1 is 1.08 bits per heavy atom. The van der Waals surface area contributed by atoms with Crippen molar-refractivity contribution in [3.8, 4) is 17.1 Å². The molecule has 0 saturated carbocycles. The summed E-state index contributed by atoms with van der Waals surface area (Å²) in [6, 6.07) is 23.7. The summed E-state index contributed by atoms with van der Waals surface area (Å²) in [4.78, 5) is 20.1. The zero-order valence-corrected chi connectivity index (χ0v) is 20.0. The fourth-order valence-corrected chi connectivity index (χ4v) is 4.92. The molecule has 184 valence electrons. The Bertz CT molecular complexity index is 1820. The molecule has 0 spiro atoms. The van der Waals surface area contributed by atoms with Crippen molar-refractivity contribution in [2.45, 2.75) is 13.0 Å². The van der Waals surface area contributed by atoms with Crippen molar-refractivity contribution in [1.29, 1.82) is 0 Å². The minimum Gasteiger partial charge on any atom is -0.394 e. The number of carbonyl (C=O) groups excluding carboxylic acids is 1. The van der Waals surface area contributed by atoms with Crippen LogP contribution in [0.3, 0.4) is 0 Å². The Kier molecular flexibility index (Phi) is 5.39. The quantitative estimate of drug-likeness (QED) is 0.251. The van der Waals surface area contributed by atoms with Gasteiger partial charge in [-0.1, -0.05) is 30.3 Å². The second-order valence-electron chi connectivity index (χ2n) is 9.12. The van der Waals surface area contributed by atoms with E-state index in [1.54, 1.807) is 12.1 Å².